The van der Waals surface area contributed by atoms with Crippen molar-refractivity contribution in [1.82, 2.24) is 0 Å². The molecule has 2 bridgehead atoms. The Morgan fingerprint density at radius 2 is 2.21 bits per heavy atom. The van der Waals surface area contributed by atoms with E-state index in [4.69, 9.17) is 4.74 Å². The Bertz CT molecular complexity index is 601. The van der Waals surface area contributed by atoms with Crippen LogP contribution in [-0.4, -0.2) is 18.0 Å². The van der Waals surface area contributed by atoms with Crippen molar-refractivity contribution in [2.45, 2.75) is 24.9 Å². The third kappa shape index (κ3) is 1.61. The Labute approximate surface area is 126 Å². The summed E-state index contributed by atoms with van der Waals surface area (Å²) in [6, 6.07) is 8.58. The molecule has 1 aromatic carbocycles. The van der Waals surface area contributed by atoms with E-state index in [1.165, 1.54) is 14.7 Å². The van der Waals surface area contributed by atoms with Gasteiger partial charge in [0.2, 0.25) is 0 Å². The maximum Gasteiger partial charge on any atom is 0.175 e. The number of hydrogen-bond donors (Lipinski definition) is 0. The number of ketones is 1. The molecule has 2 fully saturated rings. The van der Waals surface area contributed by atoms with Gasteiger partial charge in [-0.05, 0) is 51.0 Å². The number of carbonyl (C=O) groups is 1. The average molecular weight is 366 g/mol. The van der Waals surface area contributed by atoms with Crippen LogP contribution in [0.5, 0.6) is 0 Å². The Morgan fingerprint density at radius 1 is 1.42 bits per heavy atom. The minimum Gasteiger partial charge on any atom is -0.361 e. The van der Waals surface area contributed by atoms with Crippen molar-refractivity contribution in [2.75, 3.05) is 6.61 Å². The predicted octanol–water partition coefficient (Wildman–Crippen LogP) is 3.39. The van der Waals surface area contributed by atoms with Crippen molar-refractivity contribution in [2.24, 2.45) is 11.8 Å². The molecule has 0 aromatic heterocycles. The average Bonchev–Trinajstić information content (AvgIpc) is 3.17. The second-order valence-electron chi connectivity index (χ2n) is 5.93. The van der Waals surface area contributed by atoms with E-state index in [0.717, 1.165) is 6.42 Å². The number of allylic oxidation sites excluding steroid dienone is 1. The number of ether oxygens (including phenoxy) is 1. The number of benzene rings is 1. The molecule has 19 heavy (non-hydrogen) atoms. The molecule has 1 aromatic rings. The van der Waals surface area contributed by atoms with Crippen molar-refractivity contribution in [3.05, 3.63) is 45.0 Å². The zero-order valence-electron chi connectivity index (χ0n) is 10.7. The largest absolute Gasteiger partial charge is 0.361 e. The lowest BCUT2D eigenvalue weighted by Crippen LogP contribution is -2.49. The molecule has 5 rings (SSSR count). The normalized spacial score (nSPS) is 39.6. The zero-order chi connectivity index (χ0) is 13.2. The number of fused-ring (bicyclic) bond motifs is 1. The summed E-state index contributed by atoms with van der Waals surface area (Å²) in [5.74, 6) is 0.957. The minimum absolute atomic E-state index is 0.0150. The van der Waals surface area contributed by atoms with Crippen molar-refractivity contribution < 1.29 is 9.53 Å². The third-order valence-corrected chi connectivity index (χ3v) is 5.91. The van der Waals surface area contributed by atoms with E-state index in [1.54, 1.807) is 0 Å². The molecule has 0 amide bonds. The van der Waals surface area contributed by atoms with E-state index in [0.29, 0.717) is 18.3 Å². The number of aryl methyl sites for hydroxylation is 1. The highest BCUT2D eigenvalue weighted by Gasteiger charge is 2.66. The highest BCUT2D eigenvalue weighted by atomic mass is 127. The van der Waals surface area contributed by atoms with Gasteiger partial charge in [0.15, 0.2) is 11.4 Å². The standard InChI is InChI=1S/C16H15IO2/c1-9-3-2-4-10(5-9)11-6-13-14(17)7-12(11)15(18)16(13)8-19-16/h2-5,7,11-13H,6,8H2,1H3/t11?,12?,13?,16-/m0/s1. The van der Waals surface area contributed by atoms with Crippen LogP contribution in [0, 0.1) is 18.8 Å². The fourth-order valence-corrected chi connectivity index (χ4v) is 4.85. The monoisotopic (exact) mass is 366 g/mol. The molecular formula is C16H15IO2. The molecule has 3 heteroatoms. The number of carbonyl (C=O) groups excluding carboxylic acids is 1. The van der Waals surface area contributed by atoms with E-state index < -0.39 is 5.60 Å². The van der Waals surface area contributed by atoms with Gasteiger partial charge in [-0.3, -0.25) is 4.79 Å². The van der Waals surface area contributed by atoms with E-state index in [1.807, 2.05) is 0 Å². The van der Waals surface area contributed by atoms with Crippen molar-refractivity contribution in [3.63, 3.8) is 0 Å². The first-order valence-corrected chi connectivity index (χ1v) is 7.82. The fraction of sp³-hybridized carbons (Fsp3) is 0.438. The van der Waals surface area contributed by atoms with Crippen LogP contribution in [0.25, 0.3) is 0 Å². The molecular weight excluding hydrogens is 351 g/mol. The van der Waals surface area contributed by atoms with Gasteiger partial charge in [-0.2, -0.15) is 0 Å². The second kappa shape index (κ2) is 3.92. The molecule has 3 unspecified atom stereocenters. The van der Waals surface area contributed by atoms with Gasteiger partial charge in [0.25, 0.3) is 0 Å². The number of rotatable bonds is 1. The van der Waals surface area contributed by atoms with Crippen LogP contribution in [0.4, 0.5) is 0 Å². The van der Waals surface area contributed by atoms with E-state index in [2.05, 4.69) is 59.9 Å². The predicted molar refractivity (Wildman–Crippen MR) is 81.3 cm³/mol. The van der Waals surface area contributed by atoms with Crippen LogP contribution in [0.3, 0.4) is 0 Å². The van der Waals surface area contributed by atoms with Crippen LogP contribution < -0.4 is 0 Å². The molecule has 4 atom stereocenters. The number of hydrogen-bond acceptors (Lipinski definition) is 2. The molecule has 0 radical (unpaired) electrons. The molecule has 98 valence electrons. The Morgan fingerprint density at radius 3 is 2.89 bits per heavy atom. The molecule has 1 heterocycles. The summed E-state index contributed by atoms with van der Waals surface area (Å²) in [7, 11) is 0. The van der Waals surface area contributed by atoms with Crippen LogP contribution in [-0.2, 0) is 9.53 Å². The smallest absolute Gasteiger partial charge is 0.175 e. The van der Waals surface area contributed by atoms with E-state index in [9.17, 15) is 4.79 Å². The first-order chi connectivity index (χ1) is 9.12. The molecule has 1 saturated heterocycles. The van der Waals surface area contributed by atoms with Gasteiger partial charge in [-0.25, -0.2) is 0 Å². The van der Waals surface area contributed by atoms with Gasteiger partial charge < -0.3 is 4.74 Å². The summed E-state index contributed by atoms with van der Waals surface area (Å²) in [5.41, 5.74) is 2.14. The quantitative estimate of drug-likeness (QED) is 0.563. The summed E-state index contributed by atoms with van der Waals surface area (Å²) in [5, 5.41) is 0. The third-order valence-electron chi connectivity index (χ3n) is 4.80. The van der Waals surface area contributed by atoms with Crippen molar-refractivity contribution in [1.29, 1.82) is 0 Å². The van der Waals surface area contributed by atoms with Gasteiger partial charge in [-0.1, -0.05) is 35.9 Å². The Balaban J connectivity index is 1.77. The Kier molecular flexibility index (Phi) is 2.49. The molecule has 0 N–H and O–H groups in total. The first kappa shape index (κ1) is 12.1. The highest BCUT2D eigenvalue weighted by Crippen LogP contribution is 2.58. The molecule has 2 nitrogen and oxygen atoms in total. The number of Topliss-reactive ketones (excluding diaryl/α,β-unsaturated/α-hetero) is 1. The molecule has 1 aliphatic heterocycles. The van der Waals surface area contributed by atoms with Gasteiger partial charge in [0, 0.05) is 11.8 Å². The van der Waals surface area contributed by atoms with Gasteiger partial charge in [-0.15, -0.1) is 0 Å². The van der Waals surface area contributed by atoms with Gasteiger partial charge >= 0.3 is 0 Å². The zero-order valence-corrected chi connectivity index (χ0v) is 12.9. The van der Waals surface area contributed by atoms with Crippen molar-refractivity contribution in [3.8, 4) is 0 Å². The van der Waals surface area contributed by atoms with Crippen LogP contribution in [0.15, 0.2) is 33.9 Å². The van der Waals surface area contributed by atoms with Crippen molar-refractivity contribution >= 4 is 28.4 Å². The lowest BCUT2D eigenvalue weighted by atomic mass is 9.61. The summed E-state index contributed by atoms with van der Waals surface area (Å²) >= 11 is 2.39. The van der Waals surface area contributed by atoms with Crippen LogP contribution in [0.1, 0.15) is 23.5 Å². The highest BCUT2D eigenvalue weighted by molar-refractivity contribution is 14.1. The molecule has 4 aliphatic rings. The van der Waals surface area contributed by atoms with Crippen LogP contribution >= 0.6 is 22.6 Å². The lowest BCUT2D eigenvalue weighted by molar-refractivity contribution is -0.132. The number of halogens is 1. The first-order valence-electron chi connectivity index (χ1n) is 6.74. The van der Waals surface area contributed by atoms with E-state index in [-0.39, 0.29) is 11.8 Å². The van der Waals surface area contributed by atoms with Gasteiger partial charge in [0.05, 0.1) is 6.61 Å². The second-order valence-corrected chi connectivity index (χ2v) is 7.17. The Hall–Kier alpha value is -0.680. The summed E-state index contributed by atoms with van der Waals surface area (Å²) in [6.07, 6.45) is 3.23. The summed E-state index contributed by atoms with van der Waals surface area (Å²) in [4.78, 5) is 12.6. The maximum atomic E-state index is 12.6. The van der Waals surface area contributed by atoms with Gasteiger partial charge in [0.1, 0.15) is 0 Å². The topological polar surface area (TPSA) is 29.6 Å². The summed E-state index contributed by atoms with van der Waals surface area (Å²) < 4.78 is 6.89. The lowest BCUT2D eigenvalue weighted by Gasteiger charge is -2.43. The maximum absolute atomic E-state index is 12.6. The minimum atomic E-state index is -0.434. The SMILES string of the molecule is Cc1cccc(C2CC3C(I)=CC2C(=O)[C@]32CO2)c1. The summed E-state index contributed by atoms with van der Waals surface area (Å²) in [6.45, 7) is 2.74. The number of epoxide rings is 1. The fourth-order valence-electron chi connectivity index (χ4n) is 3.71. The van der Waals surface area contributed by atoms with E-state index >= 15 is 0 Å². The molecule has 3 aliphatic carbocycles. The van der Waals surface area contributed by atoms with Crippen LogP contribution in [0.2, 0.25) is 0 Å². The molecule has 1 spiro atoms. The molecule has 1 saturated carbocycles.